The van der Waals surface area contributed by atoms with Gasteiger partial charge in [-0.05, 0) is 54.9 Å². The third kappa shape index (κ3) is 5.33. The Kier molecular flexibility index (Phi) is 6.67. The van der Waals surface area contributed by atoms with Crippen LogP contribution >= 0.6 is 0 Å². The van der Waals surface area contributed by atoms with Crippen molar-refractivity contribution in [2.24, 2.45) is 16.6 Å². The van der Waals surface area contributed by atoms with Crippen LogP contribution in [0.5, 0.6) is 0 Å². The molecule has 3 N–H and O–H groups in total. The van der Waals surface area contributed by atoms with Gasteiger partial charge in [0.05, 0.1) is 6.04 Å². The summed E-state index contributed by atoms with van der Waals surface area (Å²) in [6.45, 7) is 3.86. The Bertz CT molecular complexity index is 708. The highest BCUT2D eigenvalue weighted by Crippen LogP contribution is 2.30. The van der Waals surface area contributed by atoms with Crippen LogP contribution in [0.1, 0.15) is 43.4 Å². The molecule has 138 valence electrons. The van der Waals surface area contributed by atoms with Crippen LogP contribution in [-0.2, 0) is 11.2 Å². The highest BCUT2D eigenvalue weighted by molar-refractivity contribution is 5.92. The Morgan fingerprint density at radius 2 is 1.92 bits per heavy atom. The summed E-state index contributed by atoms with van der Waals surface area (Å²) in [5, 5.41) is 3.26. The van der Waals surface area contributed by atoms with E-state index in [0.717, 1.165) is 44.6 Å². The summed E-state index contributed by atoms with van der Waals surface area (Å²) >= 11 is 0. The third-order valence-electron chi connectivity index (χ3n) is 4.98. The Morgan fingerprint density at radius 3 is 2.65 bits per heavy atom. The number of rotatable bonds is 6. The van der Waals surface area contributed by atoms with Crippen LogP contribution in [0.2, 0.25) is 0 Å². The number of ether oxygens (including phenoxy) is 1. The van der Waals surface area contributed by atoms with E-state index >= 15 is 0 Å². The largest absolute Gasteiger partial charge is 0.381 e. The smallest absolute Gasteiger partial charge is 0.193 e. The Balaban J connectivity index is 1.75. The molecule has 1 aliphatic rings. The first-order valence-corrected chi connectivity index (χ1v) is 9.56. The lowest BCUT2D eigenvalue weighted by molar-refractivity contribution is 0.0619. The van der Waals surface area contributed by atoms with E-state index in [4.69, 9.17) is 15.5 Å². The normalized spacial score (nSPS) is 17.0. The SMILES string of the molecule is CCc1cccc(NC(N)=NC(CC2CCOCC2)c2ccccc2)c1. The molecule has 1 atom stereocenters. The molecular formula is C22H29N3O. The summed E-state index contributed by atoms with van der Waals surface area (Å²) in [5.41, 5.74) is 9.74. The van der Waals surface area contributed by atoms with E-state index in [1.165, 1.54) is 11.1 Å². The van der Waals surface area contributed by atoms with Crippen LogP contribution in [0.25, 0.3) is 0 Å². The number of hydrogen-bond donors (Lipinski definition) is 2. The molecule has 2 aromatic rings. The lowest BCUT2D eigenvalue weighted by atomic mass is 9.90. The van der Waals surface area contributed by atoms with E-state index in [2.05, 4.69) is 48.6 Å². The van der Waals surface area contributed by atoms with E-state index in [9.17, 15) is 0 Å². The number of aryl methyl sites for hydroxylation is 1. The fraction of sp³-hybridized carbons (Fsp3) is 0.409. The third-order valence-corrected chi connectivity index (χ3v) is 4.98. The maximum absolute atomic E-state index is 6.25. The number of guanidine groups is 1. The molecule has 0 bridgehead atoms. The zero-order valence-corrected chi connectivity index (χ0v) is 15.5. The van der Waals surface area contributed by atoms with Crippen LogP contribution in [0.4, 0.5) is 5.69 Å². The van der Waals surface area contributed by atoms with Gasteiger partial charge in [0.15, 0.2) is 5.96 Å². The predicted molar refractivity (Wildman–Crippen MR) is 108 cm³/mol. The minimum Gasteiger partial charge on any atom is -0.381 e. The number of nitrogens with one attached hydrogen (secondary N) is 1. The maximum atomic E-state index is 6.25. The highest BCUT2D eigenvalue weighted by Gasteiger charge is 2.20. The predicted octanol–water partition coefficient (Wildman–Crippen LogP) is 4.53. The first kappa shape index (κ1) is 18.5. The van der Waals surface area contributed by atoms with Crippen LogP contribution in [0.15, 0.2) is 59.6 Å². The standard InChI is InChI=1S/C22H29N3O/c1-2-17-7-6-10-20(15-17)24-22(23)25-21(19-8-4-3-5-9-19)16-18-11-13-26-14-12-18/h3-10,15,18,21H,2,11-14,16H2,1H3,(H3,23,24,25). The molecule has 1 heterocycles. The van der Waals surface area contributed by atoms with Gasteiger partial charge in [0.2, 0.25) is 0 Å². The number of nitrogens with zero attached hydrogens (tertiary/aromatic N) is 1. The zero-order valence-electron chi connectivity index (χ0n) is 15.5. The van der Waals surface area contributed by atoms with Crippen LogP contribution in [0.3, 0.4) is 0 Å². The van der Waals surface area contributed by atoms with Gasteiger partial charge in [-0.1, -0.05) is 49.4 Å². The molecule has 0 aliphatic carbocycles. The van der Waals surface area contributed by atoms with Crippen molar-refractivity contribution in [3.8, 4) is 0 Å². The van der Waals surface area contributed by atoms with Crippen molar-refractivity contribution in [1.29, 1.82) is 0 Å². The molecule has 4 heteroatoms. The van der Waals surface area contributed by atoms with Crippen molar-refractivity contribution in [3.63, 3.8) is 0 Å². The van der Waals surface area contributed by atoms with E-state index in [-0.39, 0.29) is 6.04 Å². The molecule has 1 fully saturated rings. The average Bonchev–Trinajstić information content (AvgIpc) is 2.69. The fourth-order valence-electron chi connectivity index (χ4n) is 3.45. The molecule has 0 amide bonds. The lowest BCUT2D eigenvalue weighted by Gasteiger charge is -2.25. The molecule has 3 rings (SSSR count). The van der Waals surface area contributed by atoms with E-state index in [0.29, 0.717) is 11.9 Å². The molecule has 0 saturated carbocycles. The van der Waals surface area contributed by atoms with Crippen molar-refractivity contribution in [3.05, 3.63) is 65.7 Å². The highest BCUT2D eigenvalue weighted by atomic mass is 16.5. The molecule has 0 spiro atoms. The van der Waals surface area contributed by atoms with Crippen molar-refractivity contribution >= 4 is 11.6 Å². The van der Waals surface area contributed by atoms with Crippen LogP contribution in [0, 0.1) is 5.92 Å². The first-order chi connectivity index (χ1) is 12.7. The van der Waals surface area contributed by atoms with Crippen LogP contribution in [-0.4, -0.2) is 19.2 Å². The molecule has 1 saturated heterocycles. The second kappa shape index (κ2) is 9.39. The Hall–Kier alpha value is -2.33. The molecule has 1 unspecified atom stereocenters. The van der Waals surface area contributed by atoms with E-state index in [1.54, 1.807) is 0 Å². The summed E-state index contributed by atoms with van der Waals surface area (Å²) < 4.78 is 5.50. The van der Waals surface area contributed by atoms with Gasteiger partial charge in [0.1, 0.15) is 0 Å². The van der Waals surface area contributed by atoms with Gasteiger partial charge in [-0.2, -0.15) is 0 Å². The van der Waals surface area contributed by atoms with E-state index < -0.39 is 0 Å². The van der Waals surface area contributed by atoms with Crippen molar-refractivity contribution in [1.82, 2.24) is 0 Å². The molecule has 4 nitrogen and oxygen atoms in total. The monoisotopic (exact) mass is 351 g/mol. The summed E-state index contributed by atoms with van der Waals surface area (Å²) in [6.07, 6.45) is 4.21. The van der Waals surface area contributed by atoms with Gasteiger partial charge >= 0.3 is 0 Å². The van der Waals surface area contributed by atoms with Gasteiger partial charge in [-0.15, -0.1) is 0 Å². The topological polar surface area (TPSA) is 59.6 Å². The van der Waals surface area contributed by atoms with Crippen molar-refractivity contribution < 1.29 is 4.74 Å². The summed E-state index contributed by atoms with van der Waals surface area (Å²) in [6, 6.07) is 18.8. The van der Waals surface area contributed by atoms with Gasteiger partial charge in [-0.3, -0.25) is 0 Å². The zero-order chi connectivity index (χ0) is 18.2. The summed E-state index contributed by atoms with van der Waals surface area (Å²) in [7, 11) is 0. The van der Waals surface area contributed by atoms with Gasteiger partial charge in [-0.25, -0.2) is 4.99 Å². The summed E-state index contributed by atoms with van der Waals surface area (Å²) in [4.78, 5) is 4.83. The molecule has 0 radical (unpaired) electrons. The quantitative estimate of drug-likeness (QED) is 0.593. The summed E-state index contributed by atoms with van der Waals surface area (Å²) in [5.74, 6) is 1.10. The molecular weight excluding hydrogens is 322 g/mol. The van der Waals surface area contributed by atoms with E-state index in [1.807, 2.05) is 18.2 Å². The fourth-order valence-corrected chi connectivity index (χ4v) is 3.45. The molecule has 1 aliphatic heterocycles. The number of benzene rings is 2. The first-order valence-electron chi connectivity index (χ1n) is 9.56. The van der Waals surface area contributed by atoms with Crippen molar-refractivity contribution in [2.75, 3.05) is 18.5 Å². The molecule has 2 aromatic carbocycles. The minimum absolute atomic E-state index is 0.0705. The molecule has 26 heavy (non-hydrogen) atoms. The number of hydrogen-bond acceptors (Lipinski definition) is 2. The molecule has 0 aromatic heterocycles. The maximum Gasteiger partial charge on any atom is 0.193 e. The average molecular weight is 351 g/mol. The number of aliphatic imine (C=N–C) groups is 1. The number of anilines is 1. The van der Waals surface area contributed by atoms with Crippen LogP contribution < -0.4 is 11.1 Å². The Morgan fingerprint density at radius 1 is 1.15 bits per heavy atom. The Labute approximate surface area is 156 Å². The second-order valence-electron chi connectivity index (χ2n) is 6.91. The van der Waals surface area contributed by atoms with Crippen molar-refractivity contribution in [2.45, 2.75) is 38.6 Å². The minimum atomic E-state index is 0.0705. The lowest BCUT2D eigenvalue weighted by Crippen LogP contribution is -2.25. The van der Waals surface area contributed by atoms with Gasteiger partial charge in [0, 0.05) is 18.9 Å². The second-order valence-corrected chi connectivity index (χ2v) is 6.91. The van der Waals surface area contributed by atoms with Gasteiger partial charge in [0.25, 0.3) is 0 Å². The number of nitrogens with two attached hydrogens (primary N) is 1. The van der Waals surface area contributed by atoms with Gasteiger partial charge < -0.3 is 15.8 Å².